The molecule has 0 saturated carbocycles. The van der Waals surface area contributed by atoms with Gasteiger partial charge in [-0.3, -0.25) is 9.59 Å². The van der Waals surface area contributed by atoms with E-state index in [1.54, 1.807) is 0 Å². The van der Waals surface area contributed by atoms with Gasteiger partial charge >= 0.3 is 12.2 Å². The Morgan fingerprint density at radius 2 is 1.12 bits per heavy atom. The summed E-state index contributed by atoms with van der Waals surface area (Å²) in [5.74, 6) is 0.897. The van der Waals surface area contributed by atoms with Gasteiger partial charge in [-0.1, -0.05) is 65.8 Å². The Morgan fingerprint density at radius 1 is 0.682 bits per heavy atom. The van der Waals surface area contributed by atoms with E-state index < -0.39 is 29.7 Å². The van der Waals surface area contributed by atoms with Crippen LogP contribution in [0.2, 0.25) is 0 Å². The molecule has 1 unspecified atom stereocenters. The number of hydrogen-bond acceptors (Lipinski definition) is 10. The van der Waals surface area contributed by atoms with E-state index >= 15 is 0 Å². The molecule has 3 aromatic carbocycles. The number of carbonyl (C=O) groups excluding carboxylic acids is 4. The van der Waals surface area contributed by atoms with Crippen LogP contribution in [0, 0.1) is 11.8 Å². The Balaban J connectivity index is 1.09. The molecule has 16 nitrogen and oxygen atoms in total. The van der Waals surface area contributed by atoms with Crippen molar-refractivity contribution in [2.45, 2.75) is 122 Å². The van der Waals surface area contributed by atoms with E-state index in [0.29, 0.717) is 13.1 Å². The molecule has 5 N–H and O–H groups in total. The molecule has 0 bridgehead atoms. The normalized spacial score (nSPS) is 21.0. The standard InChI is InChI=1S/C50H65N9O7/c1-28(2)42(55-48(63)65-7)46(61)57-23-9-11-40(57)44-51-34-19-13-30(25-36(34)53-44)38-21-22-39(59(38)33-17-15-32(16-18-33)50(5,6)27-60)31-14-20-35-37(26-31)54-45(52-35)41-12-10-24-58(41)47(62)43(29(3)4)56-49(64)66-8/h13-20,25-26,28-29,38-43,60H,9-12,21-24,27H2,1-8H3,(H,51,53)(H,52,54)(H,55,63)(H,56,64)/t38-,39-,40+,41+,42+,43?/m1/s1. The van der Waals surface area contributed by atoms with Crippen LogP contribution in [-0.4, -0.2) is 105 Å². The molecule has 4 amide bonds. The lowest BCUT2D eigenvalue weighted by molar-refractivity contribution is -0.136. The molecule has 2 aromatic heterocycles. The first kappa shape index (κ1) is 46.4. The fourth-order valence-electron chi connectivity index (χ4n) is 10.2. The zero-order valence-electron chi connectivity index (χ0n) is 39.4. The molecule has 8 rings (SSSR count). The van der Waals surface area contributed by atoms with Crippen molar-refractivity contribution in [3.63, 3.8) is 0 Å². The number of rotatable bonds is 13. The average molecular weight is 904 g/mol. The van der Waals surface area contributed by atoms with Crippen molar-refractivity contribution in [1.29, 1.82) is 0 Å². The van der Waals surface area contributed by atoms with Crippen LogP contribution >= 0.6 is 0 Å². The van der Waals surface area contributed by atoms with Gasteiger partial charge in [0, 0.05) is 24.2 Å². The molecular weight excluding hydrogens is 839 g/mol. The number of hydrogen-bond donors (Lipinski definition) is 5. The van der Waals surface area contributed by atoms with E-state index in [2.05, 4.69) is 86.2 Å². The van der Waals surface area contributed by atoms with E-state index in [9.17, 15) is 24.3 Å². The highest BCUT2D eigenvalue weighted by atomic mass is 16.5. The molecule has 0 radical (unpaired) electrons. The zero-order valence-corrected chi connectivity index (χ0v) is 39.4. The summed E-state index contributed by atoms with van der Waals surface area (Å²) < 4.78 is 9.66. The summed E-state index contributed by atoms with van der Waals surface area (Å²) in [6.07, 6.45) is 3.68. The molecule has 5 aromatic rings. The smallest absolute Gasteiger partial charge is 0.407 e. The second-order valence-corrected chi connectivity index (χ2v) is 19.5. The largest absolute Gasteiger partial charge is 0.453 e. The lowest BCUT2D eigenvalue weighted by Gasteiger charge is -2.34. The van der Waals surface area contributed by atoms with Gasteiger partial charge in [0.1, 0.15) is 23.7 Å². The number of fused-ring (bicyclic) bond motifs is 2. The molecule has 0 aliphatic carbocycles. The Bertz CT molecular complexity index is 2420. The number of nitrogens with one attached hydrogen (secondary N) is 4. The zero-order chi connectivity index (χ0) is 47.0. The van der Waals surface area contributed by atoms with Crippen LogP contribution in [0.25, 0.3) is 22.1 Å². The molecule has 3 aliphatic rings. The number of imidazole rings is 2. The number of likely N-dealkylation sites (tertiary alicyclic amines) is 2. The number of aliphatic hydroxyl groups is 1. The Hall–Kier alpha value is -6.16. The van der Waals surface area contributed by atoms with Gasteiger partial charge in [0.05, 0.1) is 67.1 Å². The van der Waals surface area contributed by atoms with E-state index in [-0.39, 0.29) is 54.4 Å². The summed E-state index contributed by atoms with van der Waals surface area (Å²) in [7, 11) is 2.59. The van der Waals surface area contributed by atoms with Crippen LogP contribution < -0.4 is 15.5 Å². The molecule has 3 aliphatic heterocycles. The van der Waals surface area contributed by atoms with Crippen LogP contribution in [0.15, 0.2) is 60.7 Å². The minimum absolute atomic E-state index is 0.0159. The monoisotopic (exact) mass is 904 g/mol. The number of ether oxygens (including phenoxy) is 2. The minimum Gasteiger partial charge on any atom is -0.453 e. The van der Waals surface area contributed by atoms with Gasteiger partial charge < -0.3 is 49.9 Å². The van der Waals surface area contributed by atoms with Crippen LogP contribution in [-0.2, 0) is 24.5 Å². The topological polar surface area (TPSA) is 198 Å². The summed E-state index contributed by atoms with van der Waals surface area (Å²) in [6.45, 7) is 12.9. The summed E-state index contributed by atoms with van der Waals surface area (Å²) in [5, 5.41) is 15.6. The van der Waals surface area contributed by atoms with Gasteiger partial charge in [0.15, 0.2) is 0 Å². The maximum absolute atomic E-state index is 13.9. The summed E-state index contributed by atoms with van der Waals surface area (Å²) >= 11 is 0. The number of H-pyrrole nitrogens is 2. The molecule has 66 heavy (non-hydrogen) atoms. The molecule has 352 valence electrons. The summed E-state index contributed by atoms with van der Waals surface area (Å²) in [6, 6.07) is 19.5. The third kappa shape index (κ3) is 9.03. The van der Waals surface area contributed by atoms with Crippen LogP contribution in [0.5, 0.6) is 0 Å². The van der Waals surface area contributed by atoms with Crippen LogP contribution in [0.4, 0.5) is 15.3 Å². The maximum atomic E-state index is 13.9. The lowest BCUT2D eigenvalue weighted by Crippen LogP contribution is -2.51. The fraction of sp³-hybridized carbons (Fsp3) is 0.520. The Morgan fingerprint density at radius 3 is 1.52 bits per heavy atom. The number of aliphatic hydroxyl groups excluding tert-OH is 1. The number of amides is 4. The van der Waals surface area contributed by atoms with Gasteiger partial charge in [-0.2, -0.15) is 0 Å². The van der Waals surface area contributed by atoms with Gasteiger partial charge in [0.2, 0.25) is 11.8 Å². The van der Waals surface area contributed by atoms with Crippen molar-refractivity contribution in [2.24, 2.45) is 11.8 Å². The van der Waals surface area contributed by atoms with Crippen molar-refractivity contribution >= 4 is 51.8 Å². The molecule has 3 fully saturated rings. The van der Waals surface area contributed by atoms with Gasteiger partial charge in [-0.05, 0) is 103 Å². The first-order valence-electron chi connectivity index (χ1n) is 23.4. The molecule has 5 heterocycles. The third-order valence-corrected chi connectivity index (χ3v) is 14.0. The van der Waals surface area contributed by atoms with Crippen molar-refractivity contribution < 1.29 is 33.8 Å². The summed E-state index contributed by atoms with van der Waals surface area (Å²) in [4.78, 5) is 75.5. The first-order valence-corrected chi connectivity index (χ1v) is 23.4. The summed E-state index contributed by atoms with van der Waals surface area (Å²) in [5.41, 5.74) is 7.43. The molecule has 6 atom stereocenters. The number of methoxy groups -OCH3 is 2. The first-order chi connectivity index (χ1) is 31.6. The third-order valence-electron chi connectivity index (χ3n) is 14.0. The number of nitrogens with zero attached hydrogens (tertiary/aromatic N) is 5. The minimum atomic E-state index is -0.718. The average Bonchev–Trinajstić information content (AvgIpc) is 4.17. The van der Waals surface area contributed by atoms with E-state index in [0.717, 1.165) is 94.6 Å². The number of aromatic amines is 2. The second kappa shape index (κ2) is 19.0. The molecule has 3 saturated heterocycles. The maximum Gasteiger partial charge on any atom is 0.407 e. The Kier molecular flexibility index (Phi) is 13.3. The number of alkyl carbamates (subject to hydrolysis) is 2. The number of aromatic nitrogens is 4. The van der Waals surface area contributed by atoms with E-state index in [1.807, 2.05) is 51.3 Å². The number of carbonyl (C=O) groups is 4. The highest BCUT2D eigenvalue weighted by molar-refractivity contribution is 5.87. The Labute approximate surface area is 386 Å². The highest BCUT2D eigenvalue weighted by Gasteiger charge is 2.41. The number of anilines is 1. The van der Waals surface area contributed by atoms with Gasteiger partial charge in [0.25, 0.3) is 0 Å². The van der Waals surface area contributed by atoms with E-state index in [4.69, 9.17) is 19.4 Å². The van der Waals surface area contributed by atoms with Crippen molar-refractivity contribution in [3.05, 3.63) is 89.0 Å². The second-order valence-electron chi connectivity index (χ2n) is 19.5. The fourth-order valence-corrected chi connectivity index (χ4v) is 10.2. The van der Waals surface area contributed by atoms with Crippen LogP contribution in [0.1, 0.15) is 133 Å². The molecule has 16 heteroatoms. The lowest BCUT2D eigenvalue weighted by atomic mass is 9.85. The van der Waals surface area contributed by atoms with Crippen LogP contribution in [0.3, 0.4) is 0 Å². The highest BCUT2D eigenvalue weighted by Crippen LogP contribution is 2.48. The SMILES string of the molecule is COC(=O)NC(C(=O)N1CCC[C@H]1c1nc2ccc([C@H]3CC[C@H](c4ccc5nc([C@@H]6CCCN6C(=O)[C@@H](NC(=O)OC)C(C)C)[nH]c5c4)N3c3ccc(C(C)(C)CO)cc3)cc2[nH]1)C(C)C. The predicted octanol–water partition coefficient (Wildman–Crippen LogP) is 7.88. The van der Waals surface area contributed by atoms with Crippen molar-refractivity contribution in [1.82, 2.24) is 40.4 Å². The van der Waals surface area contributed by atoms with Crippen molar-refractivity contribution in [3.8, 4) is 0 Å². The van der Waals surface area contributed by atoms with Gasteiger partial charge in [-0.15, -0.1) is 0 Å². The predicted molar refractivity (Wildman–Crippen MR) is 252 cm³/mol. The quantitative estimate of drug-likeness (QED) is 0.0775. The molecular formula is C50H65N9O7. The van der Waals surface area contributed by atoms with E-state index in [1.165, 1.54) is 14.2 Å². The molecule has 0 spiro atoms. The van der Waals surface area contributed by atoms with Gasteiger partial charge in [-0.25, -0.2) is 19.6 Å². The number of benzene rings is 3. The van der Waals surface area contributed by atoms with Crippen molar-refractivity contribution in [2.75, 3.05) is 38.8 Å².